The fourth-order valence-corrected chi connectivity index (χ4v) is 3.18. The number of hydrogen-bond acceptors (Lipinski definition) is 4. The first kappa shape index (κ1) is 18.0. The van der Waals surface area contributed by atoms with Crippen LogP contribution in [0.3, 0.4) is 0 Å². The Morgan fingerprint density at radius 2 is 1.86 bits per heavy atom. The molecule has 4 rings (SSSR count). The van der Waals surface area contributed by atoms with Crippen LogP contribution in [0.15, 0.2) is 82.6 Å². The second-order valence-electron chi connectivity index (χ2n) is 6.59. The fourth-order valence-electron chi connectivity index (χ4n) is 3.18. The molecule has 0 unspecified atom stereocenters. The van der Waals surface area contributed by atoms with Crippen molar-refractivity contribution in [1.29, 1.82) is 0 Å². The lowest BCUT2D eigenvalue weighted by atomic mass is 10.0. The van der Waals surface area contributed by atoms with Gasteiger partial charge in [-0.25, -0.2) is 4.39 Å². The molecule has 6 heteroatoms. The maximum atomic E-state index is 14.1. The van der Waals surface area contributed by atoms with E-state index in [1.54, 1.807) is 30.3 Å². The van der Waals surface area contributed by atoms with Crippen LogP contribution >= 0.6 is 0 Å². The number of halogens is 1. The second-order valence-corrected chi connectivity index (χ2v) is 6.59. The molecule has 0 fully saturated rings. The number of amides is 1. The van der Waals surface area contributed by atoms with Gasteiger partial charge >= 0.3 is 0 Å². The molecule has 2 heterocycles. The van der Waals surface area contributed by atoms with Crippen LogP contribution in [0.1, 0.15) is 28.1 Å². The van der Waals surface area contributed by atoms with Gasteiger partial charge in [-0.2, -0.15) is 0 Å². The van der Waals surface area contributed by atoms with E-state index in [4.69, 9.17) is 9.25 Å². The highest BCUT2D eigenvalue weighted by Gasteiger charge is 2.28. The van der Waals surface area contributed by atoms with Crippen molar-refractivity contribution < 1.29 is 18.4 Å². The lowest BCUT2D eigenvalue weighted by molar-refractivity contribution is 0.0385. The molecule has 3 aromatic rings. The van der Waals surface area contributed by atoms with Gasteiger partial charge in [-0.1, -0.05) is 53.7 Å². The van der Waals surface area contributed by atoms with Crippen LogP contribution in [-0.2, 0) is 11.4 Å². The van der Waals surface area contributed by atoms with Crippen molar-refractivity contribution in [3.05, 3.63) is 95.7 Å². The number of carbonyl (C=O) groups excluding carboxylic acids is 1. The zero-order valence-electron chi connectivity index (χ0n) is 15.1. The van der Waals surface area contributed by atoms with Crippen LogP contribution in [0.25, 0.3) is 0 Å². The summed E-state index contributed by atoms with van der Waals surface area (Å²) in [5, 5.41) is 4.17. The Labute approximate surface area is 162 Å². The molecule has 1 aliphatic heterocycles. The van der Waals surface area contributed by atoms with E-state index in [0.717, 1.165) is 11.3 Å². The number of benzene rings is 2. The molecule has 0 radical (unpaired) electrons. The summed E-state index contributed by atoms with van der Waals surface area (Å²) in [4.78, 5) is 20.0. The molecule has 142 valence electrons. The summed E-state index contributed by atoms with van der Waals surface area (Å²) in [5.41, 5.74) is 2.26. The van der Waals surface area contributed by atoms with Crippen molar-refractivity contribution in [2.45, 2.75) is 19.1 Å². The first-order valence-corrected chi connectivity index (χ1v) is 9.05. The number of furan rings is 1. The van der Waals surface area contributed by atoms with Gasteiger partial charge in [-0.15, -0.1) is 0 Å². The van der Waals surface area contributed by atoms with Crippen LogP contribution in [0.2, 0.25) is 0 Å². The van der Waals surface area contributed by atoms with Gasteiger partial charge in [0, 0.05) is 18.5 Å². The molecule has 0 aliphatic carbocycles. The second kappa shape index (κ2) is 8.08. The minimum absolute atomic E-state index is 0.118. The molecular formula is C22H19FN2O3. The zero-order valence-corrected chi connectivity index (χ0v) is 15.1. The molecule has 1 aliphatic rings. The van der Waals surface area contributed by atoms with Gasteiger partial charge in [0.25, 0.3) is 5.91 Å². The van der Waals surface area contributed by atoms with E-state index in [2.05, 4.69) is 5.16 Å². The minimum atomic E-state index is -0.353. The van der Waals surface area contributed by atoms with Gasteiger partial charge in [0.05, 0.1) is 18.5 Å². The van der Waals surface area contributed by atoms with Crippen molar-refractivity contribution in [1.82, 2.24) is 4.90 Å². The van der Waals surface area contributed by atoms with Crippen molar-refractivity contribution in [3.8, 4) is 0 Å². The number of rotatable bonds is 6. The van der Waals surface area contributed by atoms with Crippen LogP contribution in [0.4, 0.5) is 4.39 Å². The van der Waals surface area contributed by atoms with Crippen molar-refractivity contribution >= 4 is 11.6 Å². The molecule has 0 saturated carbocycles. The summed E-state index contributed by atoms with van der Waals surface area (Å²) >= 11 is 0. The molecule has 1 amide bonds. The minimum Gasteiger partial charge on any atom is -0.459 e. The highest BCUT2D eigenvalue weighted by molar-refractivity contribution is 6.01. The molecular weight excluding hydrogens is 359 g/mol. The van der Waals surface area contributed by atoms with E-state index in [1.165, 1.54) is 17.2 Å². The maximum Gasteiger partial charge on any atom is 0.289 e. The summed E-state index contributed by atoms with van der Waals surface area (Å²) in [7, 11) is 0. The van der Waals surface area contributed by atoms with Crippen LogP contribution in [0.5, 0.6) is 0 Å². The summed E-state index contributed by atoms with van der Waals surface area (Å²) < 4.78 is 19.4. The van der Waals surface area contributed by atoms with E-state index in [1.807, 2.05) is 30.3 Å². The molecule has 0 saturated heterocycles. The van der Waals surface area contributed by atoms with Crippen LogP contribution < -0.4 is 0 Å². The normalized spacial score (nSPS) is 15.8. The van der Waals surface area contributed by atoms with Gasteiger partial charge in [0.2, 0.25) is 0 Å². The zero-order chi connectivity index (χ0) is 19.3. The standard InChI is InChI=1S/C22H19FN2O3/c23-19-10-5-4-9-17(19)14-25(22(26)21-11-6-12-27-21)15-18-13-20(24-28-18)16-7-2-1-3-8-16/h1-12,18H,13-15H2/t18-/m0/s1. The highest BCUT2D eigenvalue weighted by Crippen LogP contribution is 2.20. The Kier molecular flexibility index (Phi) is 5.19. The Balaban J connectivity index is 1.50. The average Bonchev–Trinajstić information content (AvgIpc) is 3.41. The third-order valence-corrected chi connectivity index (χ3v) is 4.60. The lowest BCUT2D eigenvalue weighted by Gasteiger charge is -2.24. The average molecular weight is 378 g/mol. The van der Waals surface area contributed by atoms with Crippen LogP contribution in [0, 0.1) is 5.82 Å². The van der Waals surface area contributed by atoms with E-state index in [-0.39, 0.29) is 36.7 Å². The van der Waals surface area contributed by atoms with Gasteiger partial charge in [0.15, 0.2) is 11.9 Å². The van der Waals surface area contributed by atoms with E-state index >= 15 is 0 Å². The number of oxime groups is 1. The first-order chi connectivity index (χ1) is 13.7. The molecule has 0 bridgehead atoms. The Morgan fingerprint density at radius 3 is 2.61 bits per heavy atom. The SMILES string of the molecule is O=C(c1ccco1)N(Cc1ccccc1F)C[C@@H]1CC(c2ccccc2)=NO1. The molecule has 1 atom stereocenters. The summed E-state index contributed by atoms with van der Waals surface area (Å²) in [6.45, 7) is 0.389. The molecule has 28 heavy (non-hydrogen) atoms. The van der Waals surface area contributed by atoms with Gasteiger partial charge in [-0.3, -0.25) is 4.79 Å². The third kappa shape index (κ3) is 3.96. The molecule has 0 spiro atoms. The molecule has 5 nitrogen and oxygen atoms in total. The van der Waals surface area contributed by atoms with Crippen molar-refractivity contribution in [3.63, 3.8) is 0 Å². The fraction of sp³-hybridized carbons (Fsp3) is 0.182. The summed E-state index contributed by atoms with van der Waals surface area (Å²) in [6.07, 6.45) is 1.71. The Morgan fingerprint density at radius 1 is 1.07 bits per heavy atom. The predicted molar refractivity (Wildman–Crippen MR) is 102 cm³/mol. The monoisotopic (exact) mass is 378 g/mol. The first-order valence-electron chi connectivity index (χ1n) is 9.05. The lowest BCUT2D eigenvalue weighted by Crippen LogP contribution is -2.37. The Bertz CT molecular complexity index is 970. The van der Waals surface area contributed by atoms with Crippen LogP contribution in [-0.4, -0.2) is 29.2 Å². The van der Waals surface area contributed by atoms with E-state index in [0.29, 0.717) is 12.0 Å². The topological polar surface area (TPSA) is 55.0 Å². The van der Waals surface area contributed by atoms with E-state index < -0.39 is 0 Å². The maximum absolute atomic E-state index is 14.1. The Hall–Kier alpha value is -3.41. The molecule has 1 aromatic heterocycles. The largest absolute Gasteiger partial charge is 0.459 e. The van der Waals surface area contributed by atoms with Crippen molar-refractivity contribution in [2.75, 3.05) is 6.54 Å². The third-order valence-electron chi connectivity index (χ3n) is 4.60. The number of nitrogens with zero attached hydrogens (tertiary/aromatic N) is 2. The summed E-state index contributed by atoms with van der Waals surface area (Å²) in [5.74, 6) is -0.461. The van der Waals surface area contributed by atoms with E-state index in [9.17, 15) is 9.18 Å². The molecule has 0 N–H and O–H groups in total. The van der Waals surface area contributed by atoms with Gasteiger partial charge in [0.1, 0.15) is 5.82 Å². The smallest absolute Gasteiger partial charge is 0.289 e. The highest BCUT2D eigenvalue weighted by atomic mass is 19.1. The predicted octanol–water partition coefficient (Wildman–Crippen LogP) is 4.25. The van der Waals surface area contributed by atoms with Crippen molar-refractivity contribution in [2.24, 2.45) is 5.16 Å². The number of carbonyl (C=O) groups is 1. The summed E-state index contributed by atoms with van der Waals surface area (Å²) in [6, 6.07) is 19.4. The van der Waals surface area contributed by atoms with Gasteiger partial charge < -0.3 is 14.2 Å². The number of hydrogen-bond donors (Lipinski definition) is 0. The van der Waals surface area contributed by atoms with Gasteiger partial charge in [-0.05, 0) is 23.8 Å². The quantitative estimate of drug-likeness (QED) is 0.644. The molecule has 2 aromatic carbocycles.